The van der Waals surface area contributed by atoms with Gasteiger partial charge in [-0.25, -0.2) is 4.99 Å². The number of hydrogen-bond donors (Lipinski definition) is 0. The molecule has 1 atom stereocenters. The number of rotatable bonds is 10. The van der Waals surface area contributed by atoms with E-state index in [0.29, 0.717) is 6.61 Å². The molecule has 0 heterocycles. The minimum Gasteiger partial charge on any atom is -0.457 e. The molecule has 2 aromatic rings. The van der Waals surface area contributed by atoms with Crippen molar-refractivity contribution >= 4 is 12.0 Å². The van der Waals surface area contributed by atoms with Crippen LogP contribution in [0.1, 0.15) is 57.2 Å². The lowest BCUT2D eigenvalue weighted by atomic mass is 9.91. The van der Waals surface area contributed by atoms with Gasteiger partial charge in [-0.15, -0.1) is 0 Å². The van der Waals surface area contributed by atoms with Gasteiger partial charge in [-0.05, 0) is 82.0 Å². The van der Waals surface area contributed by atoms with E-state index in [1.807, 2.05) is 32.4 Å². The number of aliphatic imine (C=N–C) groups is 1. The molecule has 1 unspecified atom stereocenters. The average Bonchev–Trinajstić information content (AvgIpc) is 2.69. The van der Waals surface area contributed by atoms with E-state index in [0.717, 1.165) is 53.3 Å². The topological polar surface area (TPSA) is 34.1 Å². The molecule has 0 saturated heterocycles. The van der Waals surface area contributed by atoms with E-state index in [1.54, 1.807) is 0 Å². The second kappa shape index (κ2) is 10.4. The van der Waals surface area contributed by atoms with Gasteiger partial charge in [0.25, 0.3) is 0 Å². The second-order valence-corrected chi connectivity index (χ2v) is 7.77. The lowest BCUT2D eigenvalue weighted by Crippen LogP contribution is -2.25. The average molecular weight is 397 g/mol. The molecule has 0 bridgehead atoms. The zero-order valence-corrected chi connectivity index (χ0v) is 19.1. The normalized spacial score (nSPS) is 13.5. The first-order valence-electron chi connectivity index (χ1n) is 10.6. The highest BCUT2D eigenvalue weighted by Gasteiger charge is 2.26. The first-order chi connectivity index (χ1) is 13.8. The molecule has 0 spiro atoms. The van der Waals surface area contributed by atoms with Crippen LogP contribution in [-0.4, -0.2) is 31.4 Å². The first kappa shape index (κ1) is 23.0. The second-order valence-electron chi connectivity index (χ2n) is 7.77. The molecule has 0 amide bonds. The predicted octanol–water partition coefficient (Wildman–Crippen LogP) is 6.76. The quantitative estimate of drug-likeness (QED) is 0.329. The monoisotopic (exact) mass is 396 g/mol. The summed E-state index contributed by atoms with van der Waals surface area (Å²) < 4.78 is 12.4. The van der Waals surface area contributed by atoms with E-state index in [-0.39, 0.29) is 5.60 Å². The number of aryl methyl sites for hydroxylation is 2. The molecule has 0 aromatic heterocycles. The number of nitrogens with zero attached hydrogens (tertiary/aromatic N) is 2. The zero-order chi connectivity index (χ0) is 21.4. The Hall–Kier alpha value is -2.33. The van der Waals surface area contributed by atoms with E-state index in [2.05, 4.69) is 68.8 Å². The third-order valence-corrected chi connectivity index (χ3v) is 5.25. The summed E-state index contributed by atoms with van der Waals surface area (Å²) in [5.41, 5.74) is 3.98. The van der Waals surface area contributed by atoms with Crippen molar-refractivity contribution in [1.82, 2.24) is 4.90 Å². The number of hydrogen-bond acceptors (Lipinski definition) is 3. The largest absolute Gasteiger partial charge is 0.457 e. The summed E-state index contributed by atoms with van der Waals surface area (Å²) in [7, 11) is 2.02. The lowest BCUT2D eigenvalue weighted by Gasteiger charge is -2.30. The van der Waals surface area contributed by atoms with Gasteiger partial charge >= 0.3 is 0 Å². The fraction of sp³-hybridized carbons (Fsp3) is 0.480. The van der Waals surface area contributed by atoms with Crippen molar-refractivity contribution in [2.75, 3.05) is 20.2 Å². The molecule has 29 heavy (non-hydrogen) atoms. The van der Waals surface area contributed by atoms with Crippen LogP contribution in [0.3, 0.4) is 0 Å². The molecule has 0 saturated carbocycles. The molecule has 0 aliphatic rings. The lowest BCUT2D eigenvalue weighted by molar-refractivity contribution is -0.0364. The SMILES string of the molecule is CCCC(C)(OCC)c1cccc(Oc2cc(C)c(/N=C\N(C)CC)cc2C)c1. The van der Waals surface area contributed by atoms with Gasteiger partial charge in [0.2, 0.25) is 0 Å². The molecule has 2 aromatic carbocycles. The number of ether oxygens (including phenoxy) is 2. The third-order valence-electron chi connectivity index (χ3n) is 5.25. The molecule has 0 radical (unpaired) electrons. The van der Waals surface area contributed by atoms with Crippen LogP contribution in [0, 0.1) is 13.8 Å². The van der Waals surface area contributed by atoms with Crippen molar-refractivity contribution in [2.24, 2.45) is 4.99 Å². The molecule has 4 heteroatoms. The smallest absolute Gasteiger partial charge is 0.130 e. The van der Waals surface area contributed by atoms with Crippen LogP contribution in [0.5, 0.6) is 11.5 Å². The molecular weight excluding hydrogens is 360 g/mol. The predicted molar refractivity (Wildman–Crippen MR) is 123 cm³/mol. The van der Waals surface area contributed by atoms with Crippen LogP contribution in [0.2, 0.25) is 0 Å². The minimum absolute atomic E-state index is 0.294. The highest BCUT2D eigenvalue weighted by molar-refractivity contribution is 5.64. The van der Waals surface area contributed by atoms with Gasteiger partial charge in [-0.1, -0.05) is 25.5 Å². The van der Waals surface area contributed by atoms with Crippen molar-refractivity contribution in [3.8, 4) is 11.5 Å². The Labute approximate surface area is 176 Å². The fourth-order valence-electron chi connectivity index (χ4n) is 3.38. The van der Waals surface area contributed by atoms with Gasteiger partial charge in [0.15, 0.2) is 0 Å². The zero-order valence-electron chi connectivity index (χ0n) is 19.1. The van der Waals surface area contributed by atoms with Gasteiger partial charge in [-0.3, -0.25) is 0 Å². The standard InChI is InChI=1S/C25H36N2O2/c1-8-14-25(6,28-10-3)21-12-11-13-22(17-21)29-24-16-19(4)23(15-20(24)5)26-18-27(7)9-2/h11-13,15-18H,8-10,14H2,1-7H3/b26-18-. The highest BCUT2D eigenvalue weighted by atomic mass is 16.5. The van der Waals surface area contributed by atoms with E-state index >= 15 is 0 Å². The van der Waals surface area contributed by atoms with Gasteiger partial charge < -0.3 is 14.4 Å². The Kier molecular flexibility index (Phi) is 8.27. The molecular formula is C25H36N2O2. The van der Waals surface area contributed by atoms with Gasteiger partial charge in [-0.2, -0.15) is 0 Å². The molecule has 0 N–H and O–H groups in total. The fourth-order valence-corrected chi connectivity index (χ4v) is 3.38. The molecule has 2 rings (SSSR count). The summed E-state index contributed by atoms with van der Waals surface area (Å²) in [4.78, 5) is 6.65. The molecule has 4 nitrogen and oxygen atoms in total. The van der Waals surface area contributed by atoms with Crippen molar-refractivity contribution in [1.29, 1.82) is 0 Å². The Bertz CT molecular complexity index is 824. The van der Waals surface area contributed by atoms with Crippen molar-refractivity contribution in [2.45, 2.75) is 60.0 Å². The van der Waals surface area contributed by atoms with Gasteiger partial charge in [0, 0.05) is 20.2 Å². The highest BCUT2D eigenvalue weighted by Crippen LogP contribution is 2.35. The maximum absolute atomic E-state index is 6.27. The van der Waals surface area contributed by atoms with Gasteiger partial charge in [0.05, 0.1) is 17.6 Å². The molecule has 0 fully saturated rings. The maximum atomic E-state index is 6.27. The summed E-state index contributed by atoms with van der Waals surface area (Å²) >= 11 is 0. The Morgan fingerprint density at radius 2 is 1.83 bits per heavy atom. The van der Waals surface area contributed by atoms with Gasteiger partial charge in [0.1, 0.15) is 11.5 Å². The summed E-state index contributed by atoms with van der Waals surface area (Å²) in [5, 5.41) is 0. The van der Waals surface area contributed by atoms with Crippen LogP contribution < -0.4 is 4.74 Å². The Balaban J connectivity index is 2.28. The van der Waals surface area contributed by atoms with E-state index in [4.69, 9.17) is 9.47 Å². The maximum Gasteiger partial charge on any atom is 0.130 e. The minimum atomic E-state index is -0.294. The van der Waals surface area contributed by atoms with E-state index < -0.39 is 0 Å². The van der Waals surface area contributed by atoms with Crippen LogP contribution >= 0.6 is 0 Å². The van der Waals surface area contributed by atoms with E-state index in [1.165, 1.54) is 0 Å². The molecule has 0 aliphatic heterocycles. The molecule has 0 aliphatic carbocycles. The van der Waals surface area contributed by atoms with Crippen LogP contribution in [0.4, 0.5) is 5.69 Å². The summed E-state index contributed by atoms with van der Waals surface area (Å²) in [6.45, 7) is 14.2. The van der Waals surface area contributed by atoms with Crippen molar-refractivity contribution in [3.63, 3.8) is 0 Å². The van der Waals surface area contributed by atoms with Crippen molar-refractivity contribution in [3.05, 3.63) is 53.1 Å². The summed E-state index contributed by atoms with van der Waals surface area (Å²) in [6, 6.07) is 12.4. The van der Waals surface area contributed by atoms with E-state index in [9.17, 15) is 0 Å². The van der Waals surface area contributed by atoms with Crippen molar-refractivity contribution < 1.29 is 9.47 Å². The van der Waals surface area contributed by atoms with Crippen LogP contribution in [-0.2, 0) is 10.3 Å². The summed E-state index contributed by atoms with van der Waals surface area (Å²) in [6.07, 6.45) is 3.91. The summed E-state index contributed by atoms with van der Waals surface area (Å²) in [5.74, 6) is 1.69. The number of benzene rings is 2. The van der Waals surface area contributed by atoms with Crippen LogP contribution in [0.25, 0.3) is 0 Å². The third kappa shape index (κ3) is 6.07. The van der Waals surface area contributed by atoms with Crippen LogP contribution in [0.15, 0.2) is 41.4 Å². The first-order valence-corrected chi connectivity index (χ1v) is 10.6. The molecule has 158 valence electrons. The Morgan fingerprint density at radius 1 is 1.07 bits per heavy atom. The Morgan fingerprint density at radius 3 is 2.48 bits per heavy atom.